The first kappa shape index (κ1) is 18.1. The van der Waals surface area contributed by atoms with Crippen LogP contribution in [0.25, 0.3) is 0 Å². The highest BCUT2D eigenvalue weighted by Gasteiger charge is 2.13. The number of hydrogen-bond donors (Lipinski definition) is 3. The molecule has 2 aromatic rings. The average molecular weight is 361 g/mol. The number of benzene rings is 2. The molecule has 0 saturated heterocycles. The number of halogens is 1. The fourth-order valence-electron chi connectivity index (χ4n) is 1.78. The van der Waals surface area contributed by atoms with Gasteiger partial charge >= 0.3 is 0 Å². The zero-order chi connectivity index (χ0) is 18.4. The van der Waals surface area contributed by atoms with Gasteiger partial charge in [0.2, 0.25) is 0 Å². The predicted molar refractivity (Wildman–Crippen MR) is 88.6 cm³/mol. The van der Waals surface area contributed by atoms with Gasteiger partial charge in [-0.05, 0) is 42.5 Å². The summed E-state index contributed by atoms with van der Waals surface area (Å²) in [6.45, 7) is 0. The summed E-state index contributed by atoms with van der Waals surface area (Å²) in [5.74, 6) is -1.21. The number of nitriles is 1. The second-order valence-corrected chi connectivity index (χ2v) is 6.20. The van der Waals surface area contributed by atoms with Crippen LogP contribution in [0.3, 0.4) is 0 Å². The topological polar surface area (TPSA) is 119 Å². The molecular formula is C16H12FN3O4S. The molecule has 0 fully saturated rings. The molecular weight excluding hydrogens is 349 g/mol. The van der Waals surface area contributed by atoms with Gasteiger partial charge in [-0.25, -0.2) is 4.39 Å². The Morgan fingerprint density at radius 1 is 1.16 bits per heavy atom. The molecule has 7 nitrogen and oxygen atoms in total. The summed E-state index contributed by atoms with van der Waals surface area (Å²) in [6.07, 6.45) is 1.13. The molecule has 0 heterocycles. The Kier molecular flexibility index (Phi) is 5.49. The smallest absolute Gasteiger partial charge is 0.294 e. The Bertz CT molecular complexity index is 964. The van der Waals surface area contributed by atoms with Crippen molar-refractivity contribution in [2.45, 2.75) is 4.90 Å². The van der Waals surface area contributed by atoms with E-state index in [4.69, 9.17) is 9.81 Å². The van der Waals surface area contributed by atoms with Crippen LogP contribution in [0.5, 0.6) is 0 Å². The Hall–Kier alpha value is -3.22. The van der Waals surface area contributed by atoms with Gasteiger partial charge in [-0.2, -0.15) is 13.7 Å². The van der Waals surface area contributed by atoms with E-state index in [-0.39, 0.29) is 11.3 Å². The lowest BCUT2D eigenvalue weighted by atomic mass is 10.2. The van der Waals surface area contributed by atoms with Crippen molar-refractivity contribution >= 4 is 27.4 Å². The molecule has 0 aliphatic carbocycles. The van der Waals surface area contributed by atoms with Crippen LogP contribution in [0.1, 0.15) is 0 Å². The van der Waals surface area contributed by atoms with Crippen LogP contribution in [0.4, 0.5) is 15.8 Å². The van der Waals surface area contributed by atoms with E-state index < -0.39 is 26.7 Å². The fourth-order valence-corrected chi connectivity index (χ4v) is 2.31. The summed E-state index contributed by atoms with van der Waals surface area (Å²) in [6, 6.07) is 11.9. The van der Waals surface area contributed by atoms with Crippen molar-refractivity contribution in [2.24, 2.45) is 0 Å². The standard InChI is InChI=1S/C16H12FN3O4S/c17-12-4-6-13(7-5-12)19-10-11(9-18)16(21)20-14-2-1-3-15(8-14)25(22,23)24/h1-8,10,19H,(H,20,21)(H,22,23,24)/b11-10-. The Balaban J connectivity index is 2.14. The molecule has 0 aromatic heterocycles. The molecule has 1 amide bonds. The zero-order valence-corrected chi connectivity index (χ0v) is 13.4. The lowest BCUT2D eigenvalue weighted by Crippen LogP contribution is -2.15. The Labute approximate surface area is 143 Å². The highest BCUT2D eigenvalue weighted by molar-refractivity contribution is 7.85. The van der Waals surface area contributed by atoms with Crippen molar-refractivity contribution in [3.05, 3.63) is 66.1 Å². The maximum atomic E-state index is 12.8. The number of carbonyl (C=O) groups excluding carboxylic acids is 1. The van der Waals surface area contributed by atoms with Crippen molar-refractivity contribution in [2.75, 3.05) is 10.6 Å². The number of rotatable bonds is 5. The lowest BCUT2D eigenvalue weighted by molar-refractivity contribution is -0.112. The van der Waals surface area contributed by atoms with Crippen LogP contribution in [-0.4, -0.2) is 18.9 Å². The molecule has 0 aliphatic rings. The summed E-state index contributed by atoms with van der Waals surface area (Å²) in [7, 11) is -4.41. The van der Waals surface area contributed by atoms with Crippen molar-refractivity contribution < 1.29 is 22.2 Å². The van der Waals surface area contributed by atoms with Gasteiger partial charge in [0, 0.05) is 17.6 Å². The largest absolute Gasteiger partial charge is 0.360 e. The Morgan fingerprint density at radius 3 is 2.44 bits per heavy atom. The van der Waals surface area contributed by atoms with E-state index in [1.807, 2.05) is 0 Å². The summed E-state index contributed by atoms with van der Waals surface area (Å²) >= 11 is 0. The van der Waals surface area contributed by atoms with Crippen molar-refractivity contribution in [1.29, 1.82) is 5.26 Å². The third kappa shape index (κ3) is 5.13. The molecule has 2 rings (SSSR count). The van der Waals surface area contributed by atoms with Gasteiger partial charge in [0.15, 0.2) is 0 Å². The minimum absolute atomic E-state index is 0.0862. The second kappa shape index (κ2) is 7.57. The molecule has 0 spiro atoms. The minimum Gasteiger partial charge on any atom is -0.360 e. The Morgan fingerprint density at radius 2 is 1.84 bits per heavy atom. The molecule has 0 unspecified atom stereocenters. The molecule has 9 heteroatoms. The minimum atomic E-state index is -4.41. The van der Waals surface area contributed by atoms with Crippen LogP contribution < -0.4 is 10.6 Å². The number of nitrogens with zero attached hydrogens (tertiary/aromatic N) is 1. The van der Waals surface area contributed by atoms with Gasteiger partial charge in [-0.3, -0.25) is 9.35 Å². The van der Waals surface area contributed by atoms with Gasteiger partial charge in [-0.15, -0.1) is 0 Å². The number of nitrogens with one attached hydrogen (secondary N) is 2. The van der Waals surface area contributed by atoms with Crippen LogP contribution in [-0.2, 0) is 14.9 Å². The van der Waals surface area contributed by atoms with Crippen LogP contribution >= 0.6 is 0 Å². The molecule has 0 saturated carbocycles. The van der Waals surface area contributed by atoms with E-state index >= 15 is 0 Å². The van der Waals surface area contributed by atoms with Gasteiger partial charge < -0.3 is 10.6 Å². The van der Waals surface area contributed by atoms with Crippen LogP contribution in [0.15, 0.2) is 65.2 Å². The zero-order valence-electron chi connectivity index (χ0n) is 12.6. The average Bonchev–Trinajstić information content (AvgIpc) is 2.56. The molecule has 25 heavy (non-hydrogen) atoms. The molecule has 2 aromatic carbocycles. The van der Waals surface area contributed by atoms with Gasteiger partial charge in [0.05, 0.1) is 4.90 Å². The molecule has 0 radical (unpaired) electrons. The molecule has 0 aliphatic heterocycles. The van der Waals surface area contributed by atoms with Gasteiger partial charge in [-0.1, -0.05) is 6.07 Å². The summed E-state index contributed by atoms with van der Waals surface area (Å²) in [4.78, 5) is 11.7. The number of hydrogen-bond acceptors (Lipinski definition) is 5. The molecule has 128 valence electrons. The van der Waals surface area contributed by atoms with Crippen LogP contribution in [0, 0.1) is 17.1 Å². The first-order chi connectivity index (χ1) is 11.8. The van der Waals surface area contributed by atoms with E-state index in [9.17, 15) is 17.6 Å². The van der Waals surface area contributed by atoms with Crippen molar-refractivity contribution in [1.82, 2.24) is 0 Å². The number of anilines is 2. The fraction of sp³-hybridized carbons (Fsp3) is 0. The molecule has 3 N–H and O–H groups in total. The first-order valence-electron chi connectivity index (χ1n) is 6.81. The van der Waals surface area contributed by atoms with Crippen molar-refractivity contribution in [3.8, 4) is 6.07 Å². The second-order valence-electron chi connectivity index (χ2n) is 4.78. The van der Waals surface area contributed by atoms with E-state index in [1.54, 1.807) is 6.07 Å². The quantitative estimate of drug-likeness (QED) is 0.428. The summed E-state index contributed by atoms with van der Waals surface area (Å²) < 4.78 is 44.0. The molecule has 0 bridgehead atoms. The van der Waals surface area contributed by atoms with Crippen LogP contribution in [0.2, 0.25) is 0 Å². The summed E-state index contributed by atoms with van der Waals surface area (Å²) in [5.41, 5.74) is 0.264. The van der Waals surface area contributed by atoms with E-state index in [2.05, 4.69) is 10.6 Å². The van der Waals surface area contributed by atoms with Gasteiger partial charge in [0.25, 0.3) is 16.0 Å². The third-order valence-electron chi connectivity index (χ3n) is 2.98. The molecule has 0 atom stereocenters. The number of carbonyl (C=O) groups is 1. The SMILES string of the molecule is N#C/C(=C/Nc1ccc(F)cc1)C(=O)Nc1cccc(S(=O)(=O)O)c1. The lowest BCUT2D eigenvalue weighted by Gasteiger charge is -2.06. The van der Waals surface area contributed by atoms with E-state index in [0.717, 1.165) is 18.3 Å². The van der Waals surface area contributed by atoms with E-state index in [0.29, 0.717) is 5.69 Å². The highest BCUT2D eigenvalue weighted by Crippen LogP contribution is 2.16. The van der Waals surface area contributed by atoms with Crippen molar-refractivity contribution in [3.63, 3.8) is 0 Å². The maximum absolute atomic E-state index is 12.8. The summed E-state index contributed by atoms with van der Waals surface area (Å²) in [5, 5.41) is 14.1. The monoisotopic (exact) mass is 361 g/mol. The number of amides is 1. The maximum Gasteiger partial charge on any atom is 0.294 e. The normalized spacial score (nSPS) is 11.5. The highest BCUT2D eigenvalue weighted by atomic mass is 32.2. The first-order valence-corrected chi connectivity index (χ1v) is 8.25. The van der Waals surface area contributed by atoms with E-state index in [1.165, 1.54) is 36.4 Å². The predicted octanol–water partition coefficient (Wildman–Crippen LogP) is 2.53. The van der Waals surface area contributed by atoms with Gasteiger partial charge in [0.1, 0.15) is 17.5 Å². The third-order valence-corrected chi connectivity index (χ3v) is 3.83.